The van der Waals surface area contributed by atoms with E-state index in [0.717, 1.165) is 55.5 Å². The fraction of sp³-hybridized carbons (Fsp3) is 0.630. The van der Waals surface area contributed by atoms with Crippen molar-refractivity contribution in [2.75, 3.05) is 13.1 Å². The Kier molecular flexibility index (Phi) is 9.21. The Labute approximate surface area is 199 Å². The van der Waals surface area contributed by atoms with Gasteiger partial charge in [-0.25, -0.2) is 10.0 Å². The summed E-state index contributed by atoms with van der Waals surface area (Å²) in [5.74, 6) is -1.13. The second-order valence-corrected chi connectivity index (χ2v) is 9.42. The van der Waals surface area contributed by atoms with Crippen molar-refractivity contribution in [3.8, 4) is 0 Å². The quantitative estimate of drug-likeness (QED) is 0.366. The number of carbonyl (C=O) groups is 2. The van der Waals surface area contributed by atoms with E-state index in [1.165, 1.54) is 12.8 Å². The normalized spacial score (nSPS) is 21.6. The van der Waals surface area contributed by atoms with Crippen LogP contribution >= 0.6 is 0 Å². The monoisotopic (exact) mass is 452 g/mol. The molecule has 1 aromatic rings. The molecule has 2 aliphatic heterocycles. The van der Waals surface area contributed by atoms with Crippen molar-refractivity contribution >= 4 is 23.2 Å². The molecule has 0 bridgehead atoms. The predicted octanol–water partition coefficient (Wildman–Crippen LogP) is 5.60. The van der Waals surface area contributed by atoms with Crippen LogP contribution < -0.4 is 0 Å². The molecule has 6 heteroatoms. The average molecular weight is 453 g/mol. The minimum absolute atomic E-state index is 0.0137. The first-order valence-electron chi connectivity index (χ1n) is 12.8. The lowest BCUT2D eigenvalue weighted by molar-refractivity contribution is -0.135. The zero-order chi connectivity index (χ0) is 23.8. The SMILES string of the molecule is CCCCCCN1N=C(C)C(C(c2ccccc2)C2C(=O)N(CCCCCC)N=C2C)C1=O. The molecule has 0 N–H and O–H groups in total. The highest BCUT2D eigenvalue weighted by Gasteiger charge is 2.49. The van der Waals surface area contributed by atoms with Gasteiger partial charge in [0, 0.05) is 30.4 Å². The van der Waals surface area contributed by atoms with Gasteiger partial charge in [-0.05, 0) is 32.3 Å². The minimum Gasteiger partial charge on any atom is -0.272 e. The molecule has 0 fully saturated rings. The van der Waals surface area contributed by atoms with Crippen molar-refractivity contribution in [1.29, 1.82) is 0 Å². The number of carbonyl (C=O) groups excluding carboxylic acids is 2. The Hall–Kier alpha value is -2.50. The van der Waals surface area contributed by atoms with Crippen molar-refractivity contribution in [3.63, 3.8) is 0 Å². The second-order valence-electron chi connectivity index (χ2n) is 9.42. The van der Waals surface area contributed by atoms with Crippen molar-refractivity contribution in [1.82, 2.24) is 10.0 Å². The van der Waals surface area contributed by atoms with Gasteiger partial charge >= 0.3 is 0 Å². The van der Waals surface area contributed by atoms with Crippen molar-refractivity contribution < 1.29 is 9.59 Å². The molecule has 2 amide bonds. The molecule has 6 nitrogen and oxygen atoms in total. The first kappa shape index (κ1) is 25.1. The van der Waals surface area contributed by atoms with Crippen molar-refractivity contribution in [3.05, 3.63) is 35.9 Å². The maximum absolute atomic E-state index is 13.5. The summed E-state index contributed by atoms with van der Waals surface area (Å²) >= 11 is 0. The average Bonchev–Trinajstić information content (AvgIpc) is 3.25. The second kappa shape index (κ2) is 12.1. The van der Waals surface area contributed by atoms with E-state index in [9.17, 15) is 9.59 Å². The molecular formula is C27H40N4O2. The summed E-state index contributed by atoms with van der Waals surface area (Å²) < 4.78 is 0. The molecule has 0 aromatic heterocycles. The third kappa shape index (κ3) is 5.90. The standard InChI is InChI=1S/C27H40N4O2/c1-5-7-9-14-18-30-26(32)23(20(3)28-30)25(22-16-12-11-13-17-22)24-21(4)29-31(27(24)33)19-15-10-8-6-2/h11-13,16-17,23-25H,5-10,14-15,18-19H2,1-4H3. The summed E-state index contributed by atoms with van der Waals surface area (Å²) in [5.41, 5.74) is 2.59. The lowest BCUT2D eigenvalue weighted by atomic mass is 9.73. The predicted molar refractivity (Wildman–Crippen MR) is 134 cm³/mol. The number of amides is 2. The van der Waals surface area contributed by atoms with Gasteiger partial charge in [-0.1, -0.05) is 82.7 Å². The van der Waals surface area contributed by atoms with Crippen LogP contribution in [0.4, 0.5) is 0 Å². The first-order valence-corrected chi connectivity index (χ1v) is 12.8. The molecule has 2 heterocycles. The fourth-order valence-corrected chi connectivity index (χ4v) is 5.06. The molecule has 3 rings (SSSR count). The van der Waals surface area contributed by atoms with Crippen molar-refractivity contribution in [2.24, 2.45) is 22.0 Å². The van der Waals surface area contributed by atoms with E-state index >= 15 is 0 Å². The highest BCUT2D eigenvalue weighted by molar-refractivity contribution is 6.12. The Morgan fingerprint density at radius 2 is 1.18 bits per heavy atom. The van der Waals surface area contributed by atoms with E-state index in [-0.39, 0.29) is 17.7 Å². The molecule has 0 saturated carbocycles. The minimum atomic E-state index is -0.433. The van der Waals surface area contributed by atoms with Gasteiger partial charge in [-0.15, -0.1) is 0 Å². The van der Waals surface area contributed by atoms with Gasteiger partial charge in [0.25, 0.3) is 11.8 Å². The maximum atomic E-state index is 13.5. The molecule has 33 heavy (non-hydrogen) atoms. The van der Waals surface area contributed by atoms with Crippen LogP contribution in [-0.2, 0) is 9.59 Å². The van der Waals surface area contributed by atoms with Crippen LogP contribution in [0, 0.1) is 11.8 Å². The number of rotatable bonds is 13. The zero-order valence-electron chi connectivity index (χ0n) is 20.8. The smallest absolute Gasteiger partial charge is 0.252 e. The summed E-state index contributed by atoms with van der Waals surface area (Å²) in [7, 11) is 0. The van der Waals surface area contributed by atoms with Crippen LogP contribution in [0.5, 0.6) is 0 Å². The lowest BCUT2D eigenvalue weighted by Crippen LogP contribution is -2.40. The van der Waals surface area contributed by atoms with Crippen LogP contribution in [0.25, 0.3) is 0 Å². The third-order valence-corrected chi connectivity index (χ3v) is 6.85. The van der Waals surface area contributed by atoms with E-state index in [2.05, 4.69) is 24.1 Å². The van der Waals surface area contributed by atoms with Crippen LogP contribution in [-0.4, -0.2) is 46.3 Å². The summed E-state index contributed by atoms with van der Waals surface area (Å²) in [4.78, 5) is 27.1. The Morgan fingerprint density at radius 1 is 0.727 bits per heavy atom. The number of hydrazone groups is 2. The van der Waals surface area contributed by atoms with E-state index < -0.39 is 11.8 Å². The molecule has 1 aromatic carbocycles. The highest BCUT2D eigenvalue weighted by Crippen LogP contribution is 2.41. The van der Waals surface area contributed by atoms with Crippen LogP contribution in [0.1, 0.15) is 90.5 Å². The van der Waals surface area contributed by atoms with Gasteiger partial charge in [0.1, 0.15) is 0 Å². The summed E-state index contributed by atoms with van der Waals surface area (Å²) in [5, 5.41) is 12.6. The summed E-state index contributed by atoms with van der Waals surface area (Å²) in [6, 6.07) is 9.98. The molecule has 2 aliphatic rings. The lowest BCUT2D eigenvalue weighted by Gasteiger charge is -2.28. The van der Waals surface area contributed by atoms with Crippen LogP contribution in [0.15, 0.2) is 40.5 Å². The molecule has 0 radical (unpaired) electrons. The fourth-order valence-electron chi connectivity index (χ4n) is 5.06. The van der Waals surface area contributed by atoms with Crippen LogP contribution in [0.2, 0.25) is 0 Å². The highest BCUT2D eigenvalue weighted by atomic mass is 16.2. The molecule has 0 saturated heterocycles. The van der Waals surface area contributed by atoms with E-state index in [0.29, 0.717) is 13.1 Å². The van der Waals surface area contributed by atoms with Gasteiger partial charge < -0.3 is 0 Å². The third-order valence-electron chi connectivity index (χ3n) is 6.85. The molecule has 2 atom stereocenters. The van der Waals surface area contributed by atoms with E-state index in [1.54, 1.807) is 10.0 Å². The summed E-state index contributed by atoms with van der Waals surface area (Å²) in [6.45, 7) is 9.50. The molecular weight excluding hydrogens is 412 g/mol. The van der Waals surface area contributed by atoms with Gasteiger partial charge in [-0.2, -0.15) is 10.2 Å². The number of benzene rings is 1. The van der Waals surface area contributed by atoms with E-state index in [4.69, 9.17) is 0 Å². The first-order chi connectivity index (χ1) is 16.0. The van der Waals surface area contributed by atoms with Crippen molar-refractivity contribution in [2.45, 2.75) is 85.0 Å². The molecule has 0 aliphatic carbocycles. The largest absolute Gasteiger partial charge is 0.272 e. The Balaban J connectivity index is 1.82. The number of nitrogens with zero attached hydrogens (tertiary/aromatic N) is 4. The van der Waals surface area contributed by atoms with E-state index in [1.807, 2.05) is 44.2 Å². The molecule has 0 spiro atoms. The Morgan fingerprint density at radius 3 is 1.61 bits per heavy atom. The topological polar surface area (TPSA) is 65.3 Å². The molecule has 2 unspecified atom stereocenters. The Bertz CT molecular complexity index is 812. The maximum Gasteiger partial charge on any atom is 0.252 e. The molecule has 180 valence electrons. The number of unbranched alkanes of at least 4 members (excludes halogenated alkanes) is 6. The summed E-state index contributed by atoms with van der Waals surface area (Å²) in [6.07, 6.45) is 8.75. The van der Waals surface area contributed by atoms with Crippen LogP contribution in [0.3, 0.4) is 0 Å². The number of hydrogen-bond donors (Lipinski definition) is 0. The van der Waals surface area contributed by atoms with Gasteiger partial charge in [0.2, 0.25) is 0 Å². The van der Waals surface area contributed by atoms with Gasteiger partial charge in [0.15, 0.2) is 0 Å². The number of hydrogen-bond acceptors (Lipinski definition) is 4. The van der Waals surface area contributed by atoms with Gasteiger partial charge in [-0.3, -0.25) is 9.59 Å². The zero-order valence-corrected chi connectivity index (χ0v) is 20.8. The van der Waals surface area contributed by atoms with Gasteiger partial charge in [0.05, 0.1) is 11.8 Å².